The van der Waals surface area contributed by atoms with Gasteiger partial charge in [0, 0.05) is 6.54 Å². The smallest absolute Gasteiger partial charge is 0.290 e. The molecular weight excluding hydrogens is 402 g/mol. The third kappa shape index (κ3) is 4.29. The van der Waals surface area contributed by atoms with Crippen molar-refractivity contribution in [3.05, 3.63) is 75.6 Å². The van der Waals surface area contributed by atoms with Crippen LogP contribution in [0.2, 0.25) is 0 Å². The number of unbranched alkanes of at least 4 members (excludes halogenated alkanes) is 4. The largest absolute Gasteiger partial charge is 0.494 e. The van der Waals surface area contributed by atoms with Gasteiger partial charge in [0.1, 0.15) is 11.3 Å². The minimum atomic E-state index is -0.441. The van der Waals surface area contributed by atoms with Crippen molar-refractivity contribution >= 4 is 16.9 Å². The standard InChI is InChI=1S/C27H31NO4/c1-3-5-7-10-18-31-20-15-13-19(14-16-20)24-23-25(29)21-11-8-9-12-22(21)32-26(23)27(30)28(24)17-6-4-2/h8-9,11-16,24H,3-7,10,17-18H2,1-2H3/t24-/m0/s1. The predicted molar refractivity (Wildman–Crippen MR) is 126 cm³/mol. The van der Waals surface area contributed by atoms with Crippen molar-refractivity contribution in [3.8, 4) is 5.75 Å². The Morgan fingerprint density at radius 2 is 1.66 bits per heavy atom. The summed E-state index contributed by atoms with van der Waals surface area (Å²) in [5.74, 6) is 0.768. The molecule has 32 heavy (non-hydrogen) atoms. The zero-order valence-electron chi connectivity index (χ0n) is 18.9. The molecule has 1 aromatic heterocycles. The quantitative estimate of drug-likeness (QED) is 0.363. The maximum Gasteiger partial charge on any atom is 0.290 e. The van der Waals surface area contributed by atoms with Gasteiger partial charge in [0.15, 0.2) is 5.43 Å². The number of carbonyl (C=O) groups excluding carboxylic acids is 1. The molecule has 0 saturated carbocycles. The molecule has 1 aliphatic heterocycles. The molecule has 0 unspecified atom stereocenters. The summed E-state index contributed by atoms with van der Waals surface area (Å²) in [7, 11) is 0. The van der Waals surface area contributed by atoms with Crippen LogP contribution >= 0.6 is 0 Å². The van der Waals surface area contributed by atoms with E-state index in [2.05, 4.69) is 13.8 Å². The van der Waals surface area contributed by atoms with Crippen LogP contribution in [-0.2, 0) is 0 Å². The molecule has 1 amide bonds. The van der Waals surface area contributed by atoms with Crippen LogP contribution in [-0.4, -0.2) is 24.0 Å². The second-order valence-corrected chi connectivity index (χ2v) is 8.40. The fourth-order valence-electron chi connectivity index (χ4n) is 4.34. The first-order chi connectivity index (χ1) is 15.7. The number of rotatable bonds is 10. The van der Waals surface area contributed by atoms with Gasteiger partial charge < -0.3 is 14.1 Å². The number of hydrogen-bond acceptors (Lipinski definition) is 4. The highest BCUT2D eigenvalue weighted by molar-refractivity contribution is 5.99. The molecule has 0 aliphatic carbocycles. The highest BCUT2D eigenvalue weighted by atomic mass is 16.5. The van der Waals surface area contributed by atoms with Crippen molar-refractivity contribution < 1.29 is 13.9 Å². The zero-order chi connectivity index (χ0) is 22.5. The number of amides is 1. The molecule has 0 spiro atoms. The summed E-state index contributed by atoms with van der Waals surface area (Å²) in [5, 5.41) is 0.508. The van der Waals surface area contributed by atoms with Gasteiger partial charge in [-0.15, -0.1) is 0 Å². The average Bonchev–Trinajstić information content (AvgIpc) is 3.10. The Morgan fingerprint density at radius 1 is 0.906 bits per heavy atom. The SMILES string of the molecule is CCCCCCOc1ccc([C@H]2c3c(oc4ccccc4c3=O)C(=O)N2CCCC)cc1. The highest BCUT2D eigenvalue weighted by Gasteiger charge is 2.42. The van der Waals surface area contributed by atoms with Crippen molar-refractivity contribution in [2.45, 2.75) is 58.4 Å². The molecule has 0 N–H and O–H groups in total. The van der Waals surface area contributed by atoms with E-state index < -0.39 is 6.04 Å². The number of nitrogens with zero attached hydrogens (tertiary/aromatic N) is 1. The van der Waals surface area contributed by atoms with Crippen molar-refractivity contribution in [3.63, 3.8) is 0 Å². The monoisotopic (exact) mass is 433 g/mol. The van der Waals surface area contributed by atoms with Crippen LogP contribution in [0.15, 0.2) is 57.7 Å². The van der Waals surface area contributed by atoms with Gasteiger partial charge in [-0.25, -0.2) is 0 Å². The van der Waals surface area contributed by atoms with E-state index in [1.54, 1.807) is 17.0 Å². The van der Waals surface area contributed by atoms with Gasteiger partial charge in [0.25, 0.3) is 5.91 Å². The van der Waals surface area contributed by atoms with Gasteiger partial charge in [-0.05, 0) is 42.7 Å². The van der Waals surface area contributed by atoms with Crippen LogP contribution in [0.25, 0.3) is 11.0 Å². The molecule has 1 atom stereocenters. The Bertz CT molecular complexity index is 1130. The third-order valence-corrected chi connectivity index (χ3v) is 6.09. The van der Waals surface area contributed by atoms with E-state index in [-0.39, 0.29) is 17.1 Å². The molecule has 0 radical (unpaired) electrons. The summed E-state index contributed by atoms with van der Waals surface area (Å²) in [6, 6.07) is 14.5. The molecule has 5 nitrogen and oxygen atoms in total. The lowest BCUT2D eigenvalue weighted by Crippen LogP contribution is -2.30. The van der Waals surface area contributed by atoms with Crippen LogP contribution in [0.4, 0.5) is 0 Å². The molecule has 2 aromatic carbocycles. The summed E-state index contributed by atoms with van der Waals surface area (Å²) in [5.41, 5.74) is 1.66. The Labute approximate surface area is 189 Å². The van der Waals surface area contributed by atoms with Crippen molar-refractivity contribution in [1.29, 1.82) is 0 Å². The first-order valence-electron chi connectivity index (χ1n) is 11.7. The van der Waals surface area contributed by atoms with Gasteiger partial charge >= 0.3 is 0 Å². The second kappa shape index (κ2) is 10.0. The number of carbonyl (C=O) groups is 1. The van der Waals surface area contributed by atoms with Gasteiger partial charge in [-0.3, -0.25) is 9.59 Å². The fourth-order valence-corrected chi connectivity index (χ4v) is 4.34. The summed E-state index contributed by atoms with van der Waals surface area (Å²) in [6.07, 6.45) is 6.46. The maximum atomic E-state index is 13.4. The minimum Gasteiger partial charge on any atom is -0.494 e. The average molecular weight is 434 g/mol. The summed E-state index contributed by atoms with van der Waals surface area (Å²) >= 11 is 0. The first kappa shape index (κ1) is 22.1. The normalized spacial score (nSPS) is 15.4. The van der Waals surface area contributed by atoms with Crippen LogP contribution in [0, 0.1) is 0 Å². The zero-order valence-corrected chi connectivity index (χ0v) is 18.9. The molecule has 2 heterocycles. The lowest BCUT2D eigenvalue weighted by molar-refractivity contribution is 0.0725. The highest BCUT2D eigenvalue weighted by Crippen LogP contribution is 2.38. The molecule has 5 heteroatoms. The Kier molecular flexibility index (Phi) is 6.93. The third-order valence-electron chi connectivity index (χ3n) is 6.09. The van der Waals surface area contributed by atoms with E-state index in [4.69, 9.17) is 9.15 Å². The second-order valence-electron chi connectivity index (χ2n) is 8.40. The van der Waals surface area contributed by atoms with E-state index >= 15 is 0 Å². The molecule has 1 aliphatic rings. The topological polar surface area (TPSA) is 59.8 Å². The predicted octanol–water partition coefficient (Wildman–Crippen LogP) is 6.10. The fraction of sp³-hybridized carbons (Fsp3) is 0.407. The van der Waals surface area contributed by atoms with Gasteiger partial charge in [0.05, 0.1) is 23.6 Å². The van der Waals surface area contributed by atoms with Crippen molar-refractivity contribution in [2.75, 3.05) is 13.2 Å². The molecule has 4 rings (SSSR count). The molecular formula is C27H31NO4. The number of ether oxygens (including phenoxy) is 1. The van der Waals surface area contributed by atoms with E-state index in [1.165, 1.54) is 19.3 Å². The van der Waals surface area contributed by atoms with E-state index in [0.29, 0.717) is 29.7 Å². The number of para-hydroxylation sites is 1. The van der Waals surface area contributed by atoms with Crippen molar-refractivity contribution in [1.82, 2.24) is 4.90 Å². The summed E-state index contributed by atoms with van der Waals surface area (Å²) in [6.45, 7) is 5.56. The van der Waals surface area contributed by atoms with Gasteiger partial charge in [-0.1, -0.05) is 63.8 Å². The molecule has 3 aromatic rings. The summed E-state index contributed by atoms with van der Waals surface area (Å²) in [4.78, 5) is 28.4. The van der Waals surface area contributed by atoms with E-state index in [9.17, 15) is 9.59 Å². The number of benzene rings is 2. The van der Waals surface area contributed by atoms with E-state index in [1.807, 2.05) is 36.4 Å². The van der Waals surface area contributed by atoms with Crippen LogP contribution in [0.5, 0.6) is 5.75 Å². The lowest BCUT2D eigenvalue weighted by atomic mass is 9.98. The van der Waals surface area contributed by atoms with Crippen LogP contribution < -0.4 is 10.2 Å². The Balaban J connectivity index is 1.66. The van der Waals surface area contributed by atoms with Gasteiger partial charge in [-0.2, -0.15) is 0 Å². The Morgan fingerprint density at radius 3 is 2.41 bits per heavy atom. The van der Waals surface area contributed by atoms with Crippen LogP contribution in [0.1, 0.15) is 80.1 Å². The Hall–Kier alpha value is -3.08. The van der Waals surface area contributed by atoms with E-state index in [0.717, 1.165) is 30.6 Å². The first-order valence-corrected chi connectivity index (χ1v) is 11.7. The molecule has 0 saturated heterocycles. The lowest BCUT2D eigenvalue weighted by Gasteiger charge is -2.25. The molecule has 168 valence electrons. The van der Waals surface area contributed by atoms with Gasteiger partial charge in [0.2, 0.25) is 5.76 Å². The number of fused-ring (bicyclic) bond motifs is 2. The number of hydrogen-bond donors (Lipinski definition) is 0. The maximum absolute atomic E-state index is 13.4. The molecule has 0 fully saturated rings. The van der Waals surface area contributed by atoms with Crippen LogP contribution in [0.3, 0.4) is 0 Å². The molecule has 0 bridgehead atoms. The van der Waals surface area contributed by atoms with Crippen molar-refractivity contribution in [2.24, 2.45) is 0 Å². The summed E-state index contributed by atoms with van der Waals surface area (Å²) < 4.78 is 11.8. The minimum absolute atomic E-state index is 0.129.